The zero-order valence-corrected chi connectivity index (χ0v) is 16.7. The minimum Gasteiger partial charge on any atom is -0.355 e. The van der Waals surface area contributed by atoms with Gasteiger partial charge in [0.2, 0.25) is 5.91 Å². The minimum atomic E-state index is -0.440. The maximum atomic E-state index is 12.6. The molecule has 1 unspecified atom stereocenters. The van der Waals surface area contributed by atoms with Crippen LogP contribution in [0.25, 0.3) is 0 Å². The van der Waals surface area contributed by atoms with Gasteiger partial charge in [-0.2, -0.15) is 5.26 Å². The van der Waals surface area contributed by atoms with Crippen LogP contribution in [0.15, 0.2) is 35.4 Å². The Morgan fingerprint density at radius 3 is 2.79 bits per heavy atom. The van der Waals surface area contributed by atoms with Gasteiger partial charge in [0.05, 0.1) is 10.8 Å². The zero-order chi connectivity index (χ0) is 20.1. The van der Waals surface area contributed by atoms with Crippen molar-refractivity contribution >= 4 is 29.3 Å². The number of anilines is 1. The summed E-state index contributed by atoms with van der Waals surface area (Å²) in [6.07, 6.45) is 4.11. The van der Waals surface area contributed by atoms with E-state index in [-0.39, 0.29) is 11.8 Å². The number of aryl methyl sites for hydroxylation is 2. The number of rotatable bonds is 5. The first-order valence-corrected chi connectivity index (χ1v) is 10.1. The van der Waals surface area contributed by atoms with Crippen LogP contribution in [0.3, 0.4) is 0 Å². The standard InChI is InChI=1S/C21H22N4O2S/c1-13(19(26)24-17-8-5-7-15(11-17)20(27)23-2)28-21-16(12-22)10-14-6-3-4-9-18(14)25-21/h5,7-8,10-11,13H,3-4,6,9H2,1-2H3,(H,23,27)(H,24,26). The molecular weight excluding hydrogens is 372 g/mol. The second kappa shape index (κ2) is 8.89. The van der Waals surface area contributed by atoms with Crippen molar-refractivity contribution in [2.45, 2.75) is 42.9 Å². The quantitative estimate of drug-likeness (QED) is 0.759. The topological polar surface area (TPSA) is 94.9 Å². The highest BCUT2D eigenvalue weighted by Gasteiger charge is 2.21. The van der Waals surface area contributed by atoms with Crippen LogP contribution in [-0.4, -0.2) is 29.1 Å². The summed E-state index contributed by atoms with van der Waals surface area (Å²) in [6.45, 7) is 1.78. The van der Waals surface area contributed by atoms with Crippen molar-refractivity contribution in [2.75, 3.05) is 12.4 Å². The number of thioether (sulfide) groups is 1. The minimum absolute atomic E-state index is 0.206. The third-order valence-electron chi connectivity index (χ3n) is 4.66. The fourth-order valence-electron chi connectivity index (χ4n) is 3.13. The summed E-state index contributed by atoms with van der Waals surface area (Å²) >= 11 is 1.29. The highest BCUT2D eigenvalue weighted by Crippen LogP contribution is 2.30. The molecule has 2 aromatic rings. The van der Waals surface area contributed by atoms with Crippen LogP contribution in [0.1, 0.15) is 46.9 Å². The van der Waals surface area contributed by atoms with Gasteiger partial charge in [0.15, 0.2) is 0 Å². The van der Waals surface area contributed by atoms with E-state index in [9.17, 15) is 14.9 Å². The molecule has 3 rings (SSSR count). The average Bonchev–Trinajstić information content (AvgIpc) is 2.72. The summed E-state index contributed by atoms with van der Waals surface area (Å²) < 4.78 is 0. The normalized spacial score (nSPS) is 13.8. The molecule has 7 heteroatoms. The van der Waals surface area contributed by atoms with Crippen LogP contribution in [0.2, 0.25) is 0 Å². The molecular formula is C21H22N4O2S. The van der Waals surface area contributed by atoms with Crippen LogP contribution in [0.4, 0.5) is 5.69 Å². The largest absolute Gasteiger partial charge is 0.355 e. The van der Waals surface area contributed by atoms with E-state index >= 15 is 0 Å². The van der Waals surface area contributed by atoms with Gasteiger partial charge in [0.25, 0.3) is 5.91 Å². The Hall–Kier alpha value is -2.85. The van der Waals surface area contributed by atoms with Crippen molar-refractivity contribution in [2.24, 2.45) is 0 Å². The highest BCUT2D eigenvalue weighted by atomic mass is 32.2. The van der Waals surface area contributed by atoms with Crippen LogP contribution in [-0.2, 0) is 17.6 Å². The van der Waals surface area contributed by atoms with E-state index in [2.05, 4.69) is 21.7 Å². The molecule has 0 radical (unpaired) electrons. The monoisotopic (exact) mass is 394 g/mol. The number of nitrogens with one attached hydrogen (secondary N) is 2. The maximum Gasteiger partial charge on any atom is 0.251 e. The van der Waals surface area contributed by atoms with Crippen molar-refractivity contribution in [1.82, 2.24) is 10.3 Å². The lowest BCUT2D eigenvalue weighted by Gasteiger charge is -2.18. The van der Waals surface area contributed by atoms with Gasteiger partial charge in [-0.05, 0) is 62.4 Å². The first-order valence-electron chi connectivity index (χ1n) is 9.24. The molecule has 1 aliphatic carbocycles. The number of nitriles is 1. The molecule has 0 bridgehead atoms. The number of hydrogen-bond acceptors (Lipinski definition) is 5. The van der Waals surface area contributed by atoms with Gasteiger partial charge < -0.3 is 10.6 Å². The van der Waals surface area contributed by atoms with E-state index in [4.69, 9.17) is 0 Å². The van der Waals surface area contributed by atoms with Gasteiger partial charge in [0, 0.05) is 24.0 Å². The Labute approximate surface area is 168 Å². The first-order chi connectivity index (χ1) is 13.5. The number of hydrogen-bond donors (Lipinski definition) is 2. The lowest BCUT2D eigenvalue weighted by molar-refractivity contribution is -0.115. The Kier molecular flexibility index (Phi) is 6.32. The molecule has 0 saturated heterocycles. The summed E-state index contributed by atoms with van der Waals surface area (Å²) in [4.78, 5) is 29.0. The Morgan fingerprint density at radius 2 is 2.04 bits per heavy atom. The third-order valence-corrected chi connectivity index (χ3v) is 5.77. The van der Waals surface area contributed by atoms with E-state index < -0.39 is 5.25 Å². The summed E-state index contributed by atoms with van der Waals surface area (Å²) in [5.41, 5.74) is 3.74. The second-order valence-corrected chi connectivity index (χ2v) is 8.00. The predicted molar refractivity (Wildman–Crippen MR) is 109 cm³/mol. The van der Waals surface area contributed by atoms with Gasteiger partial charge >= 0.3 is 0 Å². The highest BCUT2D eigenvalue weighted by molar-refractivity contribution is 8.00. The third kappa shape index (κ3) is 4.52. The van der Waals surface area contributed by atoms with Gasteiger partial charge in [-0.25, -0.2) is 4.98 Å². The SMILES string of the molecule is CNC(=O)c1cccc(NC(=O)C(C)Sc2nc3c(cc2C#N)CCCC3)c1. The number of carbonyl (C=O) groups excluding carboxylic acids is 2. The molecule has 2 amide bonds. The Balaban J connectivity index is 1.73. The van der Waals surface area contributed by atoms with Gasteiger partial charge in [0.1, 0.15) is 11.1 Å². The summed E-state index contributed by atoms with van der Waals surface area (Å²) in [6, 6.07) is 10.9. The number of amides is 2. The van der Waals surface area contributed by atoms with Crippen molar-refractivity contribution in [1.29, 1.82) is 5.26 Å². The Morgan fingerprint density at radius 1 is 1.25 bits per heavy atom. The number of pyridine rings is 1. The van der Waals surface area contributed by atoms with E-state index in [1.807, 2.05) is 6.07 Å². The van der Waals surface area contributed by atoms with Gasteiger partial charge in [-0.15, -0.1) is 0 Å². The molecule has 144 valence electrons. The van der Waals surface area contributed by atoms with E-state index in [0.29, 0.717) is 21.8 Å². The van der Waals surface area contributed by atoms with Gasteiger partial charge in [-0.1, -0.05) is 17.8 Å². The molecule has 1 aromatic heterocycles. The molecule has 1 atom stereocenters. The van der Waals surface area contributed by atoms with Gasteiger partial charge in [-0.3, -0.25) is 9.59 Å². The smallest absolute Gasteiger partial charge is 0.251 e. The first kappa shape index (κ1) is 19.9. The summed E-state index contributed by atoms with van der Waals surface area (Å²) in [7, 11) is 1.56. The number of benzene rings is 1. The number of nitrogens with zero attached hydrogens (tertiary/aromatic N) is 2. The maximum absolute atomic E-state index is 12.6. The molecule has 0 fully saturated rings. The van der Waals surface area contributed by atoms with Crippen molar-refractivity contribution < 1.29 is 9.59 Å². The van der Waals surface area contributed by atoms with Crippen LogP contribution in [0.5, 0.6) is 0 Å². The van der Waals surface area contributed by atoms with Crippen LogP contribution < -0.4 is 10.6 Å². The molecule has 0 saturated carbocycles. The van der Waals surface area contributed by atoms with E-state index in [1.165, 1.54) is 11.8 Å². The predicted octanol–water partition coefficient (Wildman–Crippen LogP) is 3.31. The van der Waals surface area contributed by atoms with E-state index in [1.54, 1.807) is 38.2 Å². The number of carbonyl (C=O) groups is 2. The summed E-state index contributed by atoms with van der Waals surface area (Å²) in [5, 5.41) is 15.0. The number of aromatic nitrogens is 1. The molecule has 1 aromatic carbocycles. The second-order valence-electron chi connectivity index (χ2n) is 6.68. The zero-order valence-electron chi connectivity index (χ0n) is 15.9. The molecule has 0 aliphatic heterocycles. The molecule has 0 spiro atoms. The fraction of sp³-hybridized carbons (Fsp3) is 0.333. The van der Waals surface area contributed by atoms with Crippen molar-refractivity contribution in [3.05, 3.63) is 52.7 Å². The van der Waals surface area contributed by atoms with Crippen molar-refractivity contribution in [3.63, 3.8) is 0 Å². The Bertz CT molecular complexity index is 952. The molecule has 1 aliphatic rings. The molecule has 2 N–H and O–H groups in total. The van der Waals surface area contributed by atoms with E-state index in [0.717, 1.165) is 36.9 Å². The lowest BCUT2D eigenvalue weighted by Crippen LogP contribution is -2.23. The molecule has 1 heterocycles. The van der Waals surface area contributed by atoms with Crippen LogP contribution >= 0.6 is 11.8 Å². The number of fused-ring (bicyclic) bond motifs is 1. The summed E-state index contributed by atoms with van der Waals surface area (Å²) in [5.74, 6) is -0.419. The molecule has 28 heavy (non-hydrogen) atoms. The lowest BCUT2D eigenvalue weighted by atomic mass is 9.95. The average molecular weight is 395 g/mol. The van der Waals surface area contributed by atoms with Crippen molar-refractivity contribution in [3.8, 4) is 6.07 Å². The fourth-order valence-corrected chi connectivity index (χ4v) is 4.03. The molecule has 6 nitrogen and oxygen atoms in total. The van der Waals surface area contributed by atoms with Crippen LogP contribution in [0, 0.1) is 11.3 Å².